The Morgan fingerprint density at radius 3 is 1.59 bits per heavy atom. The van der Waals surface area contributed by atoms with Gasteiger partial charge in [0.1, 0.15) is 12.2 Å². The molecular weight excluding hydrogens is 703 g/mol. The Morgan fingerprint density at radius 2 is 1.06 bits per heavy atom. The van der Waals surface area contributed by atoms with Gasteiger partial charge in [-0.15, -0.1) is 0 Å². The predicted octanol–water partition coefficient (Wildman–Crippen LogP) is 11.1. The number of aliphatic hydroxyl groups is 2. The van der Waals surface area contributed by atoms with E-state index in [1.165, 1.54) is 44.9 Å². The molecule has 0 aromatic carbocycles. The third-order valence-corrected chi connectivity index (χ3v) is 9.02. The van der Waals surface area contributed by atoms with Crippen LogP contribution in [0.3, 0.4) is 0 Å². The number of phosphoric acid groups is 1. The summed E-state index contributed by atoms with van der Waals surface area (Å²) in [6.07, 6.45) is 48.3. The highest BCUT2D eigenvalue weighted by Gasteiger charge is 2.26. The van der Waals surface area contributed by atoms with E-state index in [9.17, 15) is 19.4 Å². The largest absolute Gasteiger partial charge is 0.472 e. The molecule has 310 valence electrons. The fourth-order valence-corrected chi connectivity index (χ4v) is 5.74. The van der Waals surface area contributed by atoms with Gasteiger partial charge in [0, 0.05) is 13.0 Å². The molecule has 0 spiro atoms. The van der Waals surface area contributed by atoms with Crippen LogP contribution in [0.1, 0.15) is 142 Å². The smallest absolute Gasteiger partial charge is 0.457 e. The molecule has 0 saturated heterocycles. The standard InChI is InChI=1S/C44H75O9P/c1-3-5-7-9-11-13-15-17-19-21-22-24-26-28-30-32-34-36-44(47)53-43(41-52-54(48,49)51-39-42(46)38-45)40-50-37-35-33-31-29-27-25-23-20-18-16-14-12-10-8-6-4-2/h5,7,11-14,17-20,22,24,28,30,42-43,45-46H,3-4,6,8-10,15-16,21,23,25-27,29,31-41H2,1-2H3,(H,48,49)/b7-5-,13-11-,14-12-,19-17-,20-18-,24-22-,30-28-. The van der Waals surface area contributed by atoms with Crippen LogP contribution in [0, 0.1) is 0 Å². The van der Waals surface area contributed by atoms with Gasteiger partial charge in [-0.05, 0) is 83.5 Å². The number of allylic oxidation sites excluding steroid dienone is 14. The first kappa shape index (κ1) is 51.6. The van der Waals surface area contributed by atoms with Crippen LogP contribution in [-0.4, -0.2) is 66.3 Å². The summed E-state index contributed by atoms with van der Waals surface area (Å²) in [5, 5.41) is 18.3. The quantitative estimate of drug-likeness (QED) is 0.0242. The van der Waals surface area contributed by atoms with Crippen molar-refractivity contribution in [1.82, 2.24) is 0 Å². The van der Waals surface area contributed by atoms with E-state index in [-0.39, 0.29) is 13.0 Å². The predicted molar refractivity (Wildman–Crippen MR) is 223 cm³/mol. The molecule has 10 heteroatoms. The molecule has 0 rings (SSSR count). The number of esters is 1. The number of rotatable bonds is 38. The summed E-state index contributed by atoms with van der Waals surface area (Å²) >= 11 is 0. The Balaban J connectivity index is 4.35. The highest BCUT2D eigenvalue weighted by Crippen LogP contribution is 2.43. The molecular formula is C44H75O9P. The zero-order valence-electron chi connectivity index (χ0n) is 33.7. The van der Waals surface area contributed by atoms with Gasteiger partial charge in [-0.2, -0.15) is 0 Å². The number of carbonyl (C=O) groups is 1. The molecule has 0 bridgehead atoms. The highest BCUT2D eigenvalue weighted by atomic mass is 31.2. The molecule has 3 atom stereocenters. The summed E-state index contributed by atoms with van der Waals surface area (Å²) in [6, 6.07) is 0. The van der Waals surface area contributed by atoms with Crippen molar-refractivity contribution in [1.29, 1.82) is 0 Å². The van der Waals surface area contributed by atoms with Gasteiger partial charge in [-0.25, -0.2) is 4.57 Å². The maximum Gasteiger partial charge on any atom is 0.472 e. The molecule has 0 fully saturated rings. The topological polar surface area (TPSA) is 132 Å². The first-order chi connectivity index (χ1) is 26.3. The van der Waals surface area contributed by atoms with Gasteiger partial charge in [0.15, 0.2) is 0 Å². The minimum absolute atomic E-state index is 0.0139. The van der Waals surface area contributed by atoms with Gasteiger partial charge in [0.2, 0.25) is 0 Å². The molecule has 0 amide bonds. The second kappa shape index (κ2) is 40.3. The maximum atomic E-state index is 12.6. The molecule has 0 aliphatic rings. The van der Waals surface area contributed by atoms with Crippen molar-refractivity contribution in [2.24, 2.45) is 0 Å². The summed E-state index contributed by atoms with van der Waals surface area (Å²) in [5.41, 5.74) is 0. The fourth-order valence-electron chi connectivity index (χ4n) is 4.95. The number of hydrogen-bond acceptors (Lipinski definition) is 8. The number of phosphoric ester groups is 1. The highest BCUT2D eigenvalue weighted by molar-refractivity contribution is 7.47. The van der Waals surface area contributed by atoms with Crippen molar-refractivity contribution in [3.63, 3.8) is 0 Å². The molecule has 0 aromatic rings. The average Bonchev–Trinajstić information content (AvgIpc) is 3.16. The lowest BCUT2D eigenvalue weighted by molar-refractivity contribution is -0.154. The molecule has 3 unspecified atom stereocenters. The Kier molecular flexibility index (Phi) is 38.5. The molecule has 0 aromatic heterocycles. The SMILES string of the molecule is CC/C=C\C/C=C\C/C=C\C/C=C\C/C=C\CCCC(=O)OC(COCCCCCCCC/C=C\C/C=C\CCCCC)COP(=O)(O)OCC(O)CO. The molecule has 0 aliphatic heterocycles. The summed E-state index contributed by atoms with van der Waals surface area (Å²) in [6.45, 7) is 3.24. The normalized spacial score (nSPS) is 15.0. The molecule has 0 heterocycles. The van der Waals surface area contributed by atoms with E-state index in [1.807, 2.05) is 6.08 Å². The lowest BCUT2D eigenvalue weighted by Gasteiger charge is -2.20. The number of carbonyl (C=O) groups excluding carboxylic acids is 1. The van der Waals surface area contributed by atoms with E-state index < -0.39 is 45.8 Å². The van der Waals surface area contributed by atoms with Crippen molar-refractivity contribution < 1.29 is 43.0 Å². The van der Waals surface area contributed by atoms with Crippen molar-refractivity contribution in [3.05, 3.63) is 85.1 Å². The number of hydrogen-bond donors (Lipinski definition) is 3. The van der Waals surface area contributed by atoms with E-state index in [0.29, 0.717) is 13.0 Å². The summed E-state index contributed by atoms with van der Waals surface area (Å²) in [5.74, 6) is -0.447. The van der Waals surface area contributed by atoms with Crippen LogP contribution in [0.4, 0.5) is 0 Å². The first-order valence-electron chi connectivity index (χ1n) is 20.6. The van der Waals surface area contributed by atoms with Crippen LogP contribution in [0.25, 0.3) is 0 Å². The van der Waals surface area contributed by atoms with Crippen LogP contribution in [-0.2, 0) is 27.9 Å². The Hall–Kier alpha value is -2.36. The van der Waals surface area contributed by atoms with Crippen molar-refractivity contribution in [3.8, 4) is 0 Å². The average molecular weight is 779 g/mol. The van der Waals surface area contributed by atoms with Gasteiger partial charge in [-0.1, -0.05) is 137 Å². The number of ether oxygens (including phenoxy) is 2. The van der Waals surface area contributed by atoms with Crippen LogP contribution < -0.4 is 0 Å². The lowest BCUT2D eigenvalue weighted by atomic mass is 10.1. The third kappa shape index (κ3) is 39.3. The molecule has 9 nitrogen and oxygen atoms in total. The van der Waals surface area contributed by atoms with E-state index in [2.05, 4.69) is 92.8 Å². The van der Waals surface area contributed by atoms with Gasteiger partial charge < -0.3 is 24.6 Å². The maximum absolute atomic E-state index is 12.6. The monoisotopic (exact) mass is 779 g/mol. The first-order valence-corrected chi connectivity index (χ1v) is 22.1. The molecule has 54 heavy (non-hydrogen) atoms. The van der Waals surface area contributed by atoms with Crippen LogP contribution in [0.2, 0.25) is 0 Å². The summed E-state index contributed by atoms with van der Waals surface area (Å²) in [4.78, 5) is 22.5. The second-order valence-electron chi connectivity index (χ2n) is 13.3. The summed E-state index contributed by atoms with van der Waals surface area (Å²) in [7, 11) is -4.54. The zero-order chi connectivity index (χ0) is 39.6. The van der Waals surface area contributed by atoms with E-state index in [4.69, 9.17) is 23.6 Å². The zero-order valence-corrected chi connectivity index (χ0v) is 34.5. The lowest BCUT2D eigenvalue weighted by Crippen LogP contribution is -2.29. The molecule has 0 aliphatic carbocycles. The second-order valence-corrected chi connectivity index (χ2v) is 14.7. The van der Waals surface area contributed by atoms with Crippen LogP contribution in [0.15, 0.2) is 85.1 Å². The van der Waals surface area contributed by atoms with Crippen LogP contribution >= 0.6 is 7.82 Å². The number of unbranched alkanes of at least 4 members (excludes halogenated alkanes) is 10. The van der Waals surface area contributed by atoms with E-state index in [1.54, 1.807) is 0 Å². The molecule has 0 saturated carbocycles. The van der Waals surface area contributed by atoms with Gasteiger partial charge in [0.25, 0.3) is 0 Å². The Labute approximate surface area is 328 Å². The Morgan fingerprint density at radius 1 is 0.593 bits per heavy atom. The minimum Gasteiger partial charge on any atom is -0.457 e. The minimum atomic E-state index is -4.54. The number of aliphatic hydroxyl groups excluding tert-OH is 2. The van der Waals surface area contributed by atoms with Crippen LogP contribution in [0.5, 0.6) is 0 Å². The van der Waals surface area contributed by atoms with Gasteiger partial charge >= 0.3 is 13.8 Å². The van der Waals surface area contributed by atoms with E-state index >= 15 is 0 Å². The van der Waals surface area contributed by atoms with Crippen molar-refractivity contribution >= 4 is 13.8 Å². The van der Waals surface area contributed by atoms with Crippen molar-refractivity contribution in [2.75, 3.05) is 33.0 Å². The third-order valence-electron chi connectivity index (χ3n) is 8.06. The fraction of sp³-hybridized carbons (Fsp3) is 0.659. The van der Waals surface area contributed by atoms with Crippen molar-refractivity contribution in [2.45, 2.75) is 154 Å². The van der Waals surface area contributed by atoms with E-state index in [0.717, 1.165) is 70.6 Å². The summed E-state index contributed by atoms with van der Waals surface area (Å²) < 4.78 is 33.2. The molecule has 0 radical (unpaired) electrons. The van der Waals surface area contributed by atoms with Gasteiger partial charge in [0.05, 0.1) is 26.4 Å². The Bertz CT molecular complexity index is 1110. The molecule has 3 N–H and O–H groups in total. The van der Waals surface area contributed by atoms with Gasteiger partial charge in [-0.3, -0.25) is 13.8 Å².